The van der Waals surface area contributed by atoms with Crippen molar-refractivity contribution < 1.29 is 23.5 Å². The molecule has 4 rings (SSSR count). The summed E-state index contributed by atoms with van der Waals surface area (Å²) in [5.74, 6) is 0.510. The van der Waals surface area contributed by atoms with Crippen LogP contribution in [0.2, 0.25) is 0 Å². The predicted molar refractivity (Wildman–Crippen MR) is 125 cm³/mol. The van der Waals surface area contributed by atoms with Gasteiger partial charge in [-0.05, 0) is 54.8 Å². The van der Waals surface area contributed by atoms with Gasteiger partial charge in [-0.3, -0.25) is 14.5 Å². The Labute approximate surface area is 193 Å². The van der Waals surface area contributed by atoms with Crippen LogP contribution < -0.4 is 19.7 Å². The maximum atomic E-state index is 13.7. The van der Waals surface area contributed by atoms with Gasteiger partial charge < -0.3 is 19.2 Å². The Kier molecular flexibility index (Phi) is 6.98. The molecule has 1 atom stereocenters. The van der Waals surface area contributed by atoms with Crippen molar-refractivity contribution in [3.63, 3.8) is 0 Å². The Bertz CT molecular complexity index is 1080. The number of hydrogen-bond donors (Lipinski definition) is 1. The van der Waals surface area contributed by atoms with Gasteiger partial charge in [-0.25, -0.2) is 0 Å². The van der Waals surface area contributed by atoms with E-state index in [2.05, 4.69) is 5.32 Å². The third-order valence-electron chi connectivity index (χ3n) is 5.92. The summed E-state index contributed by atoms with van der Waals surface area (Å²) in [5.41, 5.74) is 1.19. The molecule has 0 saturated heterocycles. The highest BCUT2D eigenvalue weighted by atomic mass is 16.5. The zero-order valence-electron chi connectivity index (χ0n) is 18.8. The second kappa shape index (κ2) is 10.3. The van der Waals surface area contributed by atoms with Crippen molar-refractivity contribution in [2.24, 2.45) is 0 Å². The summed E-state index contributed by atoms with van der Waals surface area (Å²) in [5, 5.41) is 3.16. The Morgan fingerprint density at radius 2 is 1.70 bits per heavy atom. The zero-order chi connectivity index (χ0) is 23.2. The number of nitrogens with zero attached hydrogens (tertiary/aromatic N) is 1. The van der Waals surface area contributed by atoms with Gasteiger partial charge in [0.05, 0.1) is 20.5 Å². The van der Waals surface area contributed by atoms with E-state index in [0.717, 1.165) is 25.7 Å². The average Bonchev–Trinajstić information content (AvgIpc) is 3.57. The first-order valence-corrected chi connectivity index (χ1v) is 11.1. The molecule has 3 aromatic rings. The van der Waals surface area contributed by atoms with Crippen molar-refractivity contribution in [2.75, 3.05) is 19.1 Å². The van der Waals surface area contributed by atoms with Gasteiger partial charge in [0.2, 0.25) is 5.91 Å². The summed E-state index contributed by atoms with van der Waals surface area (Å²) >= 11 is 0. The molecule has 0 radical (unpaired) electrons. The molecule has 1 heterocycles. The van der Waals surface area contributed by atoms with Crippen LogP contribution in [0, 0.1) is 0 Å². The summed E-state index contributed by atoms with van der Waals surface area (Å²) in [6, 6.07) is 16.8. The first-order valence-electron chi connectivity index (χ1n) is 11.1. The summed E-state index contributed by atoms with van der Waals surface area (Å²) in [6.45, 7) is 0. The summed E-state index contributed by atoms with van der Waals surface area (Å²) < 4.78 is 16.3. The normalized spacial score (nSPS) is 14.5. The van der Waals surface area contributed by atoms with Gasteiger partial charge in [0.25, 0.3) is 5.91 Å². The lowest BCUT2D eigenvalue weighted by molar-refractivity contribution is -0.123. The minimum Gasteiger partial charge on any atom is -0.493 e. The van der Waals surface area contributed by atoms with Crippen LogP contribution in [0.5, 0.6) is 11.5 Å². The Morgan fingerprint density at radius 1 is 0.970 bits per heavy atom. The molecule has 2 amide bonds. The van der Waals surface area contributed by atoms with Crippen LogP contribution in [0.3, 0.4) is 0 Å². The first kappa shape index (κ1) is 22.5. The van der Waals surface area contributed by atoms with Crippen molar-refractivity contribution >= 4 is 17.5 Å². The molecular formula is C26H28N2O5. The smallest absolute Gasteiger partial charge is 0.294 e. The number of ether oxygens (including phenoxy) is 2. The molecule has 1 N–H and O–H groups in total. The monoisotopic (exact) mass is 448 g/mol. The van der Waals surface area contributed by atoms with E-state index < -0.39 is 11.9 Å². The van der Waals surface area contributed by atoms with Gasteiger partial charge in [-0.15, -0.1) is 0 Å². The van der Waals surface area contributed by atoms with Crippen LogP contribution in [0.4, 0.5) is 5.69 Å². The molecule has 1 aromatic heterocycles. The molecule has 0 aliphatic heterocycles. The van der Waals surface area contributed by atoms with Crippen molar-refractivity contribution in [1.29, 1.82) is 0 Å². The first-order chi connectivity index (χ1) is 16.1. The van der Waals surface area contributed by atoms with E-state index in [1.54, 1.807) is 49.6 Å². The zero-order valence-corrected chi connectivity index (χ0v) is 18.8. The number of benzene rings is 2. The fourth-order valence-electron chi connectivity index (χ4n) is 4.28. The van der Waals surface area contributed by atoms with Gasteiger partial charge in [0, 0.05) is 11.7 Å². The molecular weight excluding hydrogens is 420 g/mol. The molecule has 33 heavy (non-hydrogen) atoms. The standard InChI is InChI=1S/C26H28N2O5/c1-31-21-15-14-18(17-23(21)32-2)24(25(29)27-19-9-6-7-10-19)28(20-11-4-3-5-12-20)26(30)22-13-8-16-33-22/h3-5,8,11-17,19,24H,6-7,9-10H2,1-2H3,(H,27,29)/t24-/m1/s1. The SMILES string of the molecule is COc1ccc([C@H](C(=O)NC2CCCC2)N(C(=O)c2ccco2)c2ccccc2)cc1OC. The molecule has 2 aromatic carbocycles. The molecule has 1 saturated carbocycles. The number of para-hydroxylation sites is 1. The van der Waals surface area contributed by atoms with Gasteiger partial charge >= 0.3 is 0 Å². The fourth-order valence-corrected chi connectivity index (χ4v) is 4.28. The van der Waals surface area contributed by atoms with Crippen LogP contribution in [0.25, 0.3) is 0 Å². The molecule has 7 heteroatoms. The van der Waals surface area contributed by atoms with Crippen LogP contribution in [0.15, 0.2) is 71.3 Å². The Hall–Kier alpha value is -3.74. The largest absolute Gasteiger partial charge is 0.493 e. The van der Waals surface area contributed by atoms with E-state index in [1.807, 2.05) is 18.2 Å². The van der Waals surface area contributed by atoms with E-state index in [9.17, 15) is 9.59 Å². The van der Waals surface area contributed by atoms with Crippen LogP contribution in [-0.4, -0.2) is 32.1 Å². The second-order valence-corrected chi connectivity index (χ2v) is 7.99. The molecule has 0 unspecified atom stereocenters. The van der Waals surface area contributed by atoms with E-state index >= 15 is 0 Å². The lowest BCUT2D eigenvalue weighted by Crippen LogP contribution is -2.46. The topological polar surface area (TPSA) is 81.0 Å². The number of carbonyl (C=O) groups excluding carboxylic acids is 2. The second-order valence-electron chi connectivity index (χ2n) is 7.99. The third-order valence-corrected chi connectivity index (χ3v) is 5.92. The van der Waals surface area contributed by atoms with Crippen LogP contribution in [-0.2, 0) is 4.79 Å². The average molecular weight is 449 g/mol. The summed E-state index contributed by atoms with van der Waals surface area (Å²) in [6.07, 6.45) is 5.48. The minimum atomic E-state index is -0.939. The minimum absolute atomic E-state index is 0.0940. The number of furan rings is 1. The molecule has 0 bridgehead atoms. The number of rotatable bonds is 8. The molecule has 1 fully saturated rings. The number of nitrogens with one attached hydrogen (secondary N) is 1. The van der Waals surface area contributed by atoms with E-state index in [-0.39, 0.29) is 17.7 Å². The Balaban J connectivity index is 1.82. The molecule has 1 aliphatic rings. The third kappa shape index (κ3) is 4.87. The lowest BCUT2D eigenvalue weighted by atomic mass is 10.0. The Morgan fingerprint density at radius 3 is 2.33 bits per heavy atom. The number of carbonyl (C=O) groups is 2. The highest BCUT2D eigenvalue weighted by Gasteiger charge is 2.36. The van der Waals surface area contributed by atoms with Crippen molar-refractivity contribution in [2.45, 2.75) is 37.8 Å². The highest BCUT2D eigenvalue weighted by molar-refractivity contribution is 6.08. The number of methoxy groups -OCH3 is 2. The van der Waals surface area contributed by atoms with Crippen molar-refractivity contribution in [1.82, 2.24) is 5.32 Å². The molecule has 0 spiro atoms. The molecule has 1 aliphatic carbocycles. The predicted octanol–water partition coefficient (Wildman–Crippen LogP) is 4.74. The van der Waals surface area contributed by atoms with Crippen LogP contribution in [0.1, 0.15) is 47.8 Å². The van der Waals surface area contributed by atoms with Gasteiger partial charge in [-0.1, -0.05) is 37.1 Å². The quantitative estimate of drug-likeness (QED) is 0.538. The fraction of sp³-hybridized carbons (Fsp3) is 0.308. The van der Waals surface area contributed by atoms with Gasteiger partial charge in [0.1, 0.15) is 6.04 Å². The van der Waals surface area contributed by atoms with Crippen molar-refractivity contribution in [3.8, 4) is 11.5 Å². The summed E-state index contributed by atoms with van der Waals surface area (Å²) in [4.78, 5) is 28.8. The van der Waals surface area contributed by atoms with Gasteiger partial charge in [0.15, 0.2) is 17.3 Å². The van der Waals surface area contributed by atoms with E-state index in [0.29, 0.717) is 22.7 Å². The number of anilines is 1. The lowest BCUT2D eigenvalue weighted by Gasteiger charge is -2.32. The molecule has 7 nitrogen and oxygen atoms in total. The summed E-state index contributed by atoms with van der Waals surface area (Å²) in [7, 11) is 3.09. The maximum Gasteiger partial charge on any atom is 0.294 e. The van der Waals surface area contributed by atoms with Crippen molar-refractivity contribution in [3.05, 3.63) is 78.3 Å². The number of hydrogen-bond acceptors (Lipinski definition) is 5. The molecule has 172 valence electrons. The highest BCUT2D eigenvalue weighted by Crippen LogP contribution is 2.35. The number of amides is 2. The van der Waals surface area contributed by atoms with E-state index in [4.69, 9.17) is 13.9 Å². The maximum absolute atomic E-state index is 13.7. The van der Waals surface area contributed by atoms with Crippen LogP contribution >= 0.6 is 0 Å². The van der Waals surface area contributed by atoms with E-state index in [1.165, 1.54) is 18.3 Å². The van der Waals surface area contributed by atoms with Gasteiger partial charge in [-0.2, -0.15) is 0 Å².